The molecule has 0 amide bonds. The van der Waals surface area contributed by atoms with Crippen molar-refractivity contribution >= 4 is 33.1 Å². The zero-order valence-electron chi connectivity index (χ0n) is 5.12. The molecule has 0 fully saturated rings. The monoisotopic (exact) mass is 262 g/mol. The molecule has 1 atom stereocenters. The third-order valence-electron chi connectivity index (χ3n) is 0.814. The zero-order chi connectivity index (χ0) is 7.28. The second-order valence-electron chi connectivity index (χ2n) is 1.55. The van der Waals surface area contributed by atoms with Crippen molar-refractivity contribution in [2.45, 2.75) is 18.7 Å². The average Bonchev–Trinajstić information content (AvgIpc) is 1.83. The molecule has 9 heavy (non-hydrogen) atoms. The van der Waals surface area contributed by atoms with Gasteiger partial charge in [-0.1, -0.05) is 0 Å². The van der Waals surface area contributed by atoms with Crippen LogP contribution in [0.3, 0.4) is 0 Å². The molecule has 0 aromatic rings. The van der Waals surface area contributed by atoms with Crippen LogP contribution in [0.4, 0.5) is 0 Å². The first kappa shape index (κ1) is 9.99. The van der Waals surface area contributed by atoms with Gasteiger partial charge in [0.2, 0.25) is 0 Å². The van der Waals surface area contributed by atoms with E-state index in [4.69, 9.17) is 18.4 Å². The van der Waals surface area contributed by atoms with Crippen molar-refractivity contribution in [3.05, 3.63) is 0 Å². The Morgan fingerprint density at radius 1 is 1.67 bits per heavy atom. The fourth-order valence-electron chi connectivity index (χ4n) is 0.265. The van der Waals surface area contributed by atoms with Gasteiger partial charge in [0.1, 0.15) is 0 Å². The Kier molecular flexibility index (Phi) is 6.38. The van der Waals surface area contributed by atoms with Crippen LogP contribution in [0.5, 0.6) is 0 Å². The van der Waals surface area contributed by atoms with E-state index in [2.05, 4.69) is 3.02 Å². The molecule has 0 heterocycles. The predicted molar refractivity (Wildman–Crippen MR) is 36.1 cm³/mol. The molecule has 1 unspecified atom stereocenters. The van der Waals surface area contributed by atoms with Crippen LogP contribution in [0.15, 0.2) is 0 Å². The molecule has 2 N–H and O–H groups in total. The Morgan fingerprint density at radius 3 is 2.56 bits per heavy atom. The predicted octanol–water partition coefficient (Wildman–Crippen LogP) is -0.0101. The summed E-state index contributed by atoms with van der Waals surface area (Å²) in [5.41, 5.74) is 0. The molecule has 0 aliphatic rings. The number of rotatable bonds is 4. The van der Waals surface area contributed by atoms with Crippen LogP contribution in [-0.4, -0.2) is 40.2 Å². The van der Waals surface area contributed by atoms with Crippen molar-refractivity contribution in [1.82, 2.24) is 0 Å². The first-order valence-electron chi connectivity index (χ1n) is 2.61. The van der Waals surface area contributed by atoms with Gasteiger partial charge in [0.05, 0.1) is 0 Å². The van der Waals surface area contributed by atoms with Crippen LogP contribution in [0.25, 0.3) is 0 Å². The molecule has 0 radical (unpaired) electrons. The van der Waals surface area contributed by atoms with Gasteiger partial charge in [-0.2, -0.15) is 0 Å². The summed E-state index contributed by atoms with van der Waals surface area (Å²) >= 11 is 2.41. The van der Waals surface area contributed by atoms with Gasteiger partial charge in [0.25, 0.3) is 0 Å². The summed E-state index contributed by atoms with van der Waals surface area (Å²) in [7, 11) is 0. The second kappa shape index (κ2) is 5.75. The SMILES string of the molecule is CCC(Cl)C[O][Sb]([OH])[OH]. The maximum absolute atomic E-state index is 8.35. The summed E-state index contributed by atoms with van der Waals surface area (Å²) in [6.45, 7) is 2.17. The minimum absolute atomic E-state index is 0.0868. The Morgan fingerprint density at radius 2 is 2.22 bits per heavy atom. The summed E-state index contributed by atoms with van der Waals surface area (Å²) < 4.78 is 21.3. The maximum atomic E-state index is 8.35. The molecule has 0 aliphatic carbocycles. The van der Waals surface area contributed by atoms with Crippen molar-refractivity contribution in [3.63, 3.8) is 0 Å². The van der Waals surface area contributed by atoms with Crippen molar-refractivity contribution in [2.75, 3.05) is 6.61 Å². The number of hydrogen-bond donors (Lipinski definition) is 2. The molecule has 5 heteroatoms. The van der Waals surface area contributed by atoms with Gasteiger partial charge >= 0.3 is 68.2 Å². The van der Waals surface area contributed by atoms with Gasteiger partial charge in [0.15, 0.2) is 0 Å². The molecular weight excluding hydrogens is 253 g/mol. The molecule has 0 aromatic heterocycles. The van der Waals surface area contributed by atoms with E-state index >= 15 is 0 Å². The first-order valence-corrected chi connectivity index (χ1v) is 6.37. The first-order chi connectivity index (χ1) is 4.16. The molecule has 0 spiro atoms. The summed E-state index contributed by atoms with van der Waals surface area (Å²) in [6, 6.07) is 0. The van der Waals surface area contributed by atoms with Crippen molar-refractivity contribution < 1.29 is 9.79 Å². The van der Waals surface area contributed by atoms with E-state index in [9.17, 15) is 0 Å². The van der Waals surface area contributed by atoms with Crippen LogP contribution in [0, 0.1) is 0 Å². The van der Waals surface area contributed by atoms with Crippen LogP contribution in [0.2, 0.25) is 0 Å². The molecule has 0 saturated carbocycles. The fourth-order valence-corrected chi connectivity index (χ4v) is 1.49. The Bertz CT molecular complexity index is 70.8. The van der Waals surface area contributed by atoms with Crippen LogP contribution in [-0.2, 0) is 3.02 Å². The van der Waals surface area contributed by atoms with E-state index in [0.29, 0.717) is 0 Å². The normalized spacial score (nSPS) is 14.3. The van der Waals surface area contributed by atoms with Gasteiger partial charge in [-0.25, -0.2) is 0 Å². The number of hydrogen-bond acceptors (Lipinski definition) is 3. The van der Waals surface area contributed by atoms with E-state index < -0.39 is 21.5 Å². The van der Waals surface area contributed by atoms with Gasteiger partial charge < -0.3 is 0 Å². The van der Waals surface area contributed by atoms with Gasteiger partial charge in [-0.3, -0.25) is 0 Å². The summed E-state index contributed by atoms with van der Waals surface area (Å²) in [6.07, 6.45) is 0.788. The van der Waals surface area contributed by atoms with E-state index in [1.165, 1.54) is 0 Å². The Balaban J connectivity index is 3.06. The molecule has 56 valence electrons. The topological polar surface area (TPSA) is 49.7 Å². The molecular formula is C4H10ClO3Sb. The number of halogens is 1. The summed E-state index contributed by atoms with van der Waals surface area (Å²) in [5, 5.41) is -0.0868. The van der Waals surface area contributed by atoms with Crippen molar-refractivity contribution in [3.8, 4) is 0 Å². The summed E-state index contributed by atoms with van der Waals surface area (Å²) in [5.74, 6) is 0. The Hall–Kier alpha value is 0.988. The van der Waals surface area contributed by atoms with Gasteiger partial charge in [-0.05, 0) is 0 Å². The van der Waals surface area contributed by atoms with Crippen molar-refractivity contribution in [1.29, 1.82) is 0 Å². The third-order valence-corrected chi connectivity index (χ3v) is 2.33. The second-order valence-corrected chi connectivity index (χ2v) is 4.35. The fraction of sp³-hybridized carbons (Fsp3) is 1.00. The minimum atomic E-state index is -3.19. The quantitative estimate of drug-likeness (QED) is 0.554. The third kappa shape index (κ3) is 6.88. The zero-order valence-corrected chi connectivity index (χ0v) is 8.43. The van der Waals surface area contributed by atoms with Crippen LogP contribution in [0.1, 0.15) is 13.3 Å². The Labute approximate surface area is 68.2 Å². The van der Waals surface area contributed by atoms with Crippen molar-refractivity contribution in [2.24, 2.45) is 0 Å². The van der Waals surface area contributed by atoms with Gasteiger partial charge in [-0.15, -0.1) is 0 Å². The van der Waals surface area contributed by atoms with E-state index in [1.54, 1.807) is 0 Å². The molecule has 0 saturated heterocycles. The van der Waals surface area contributed by atoms with E-state index in [-0.39, 0.29) is 12.0 Å². The molecule has 0 aliphatic heterocycles. The molecule has 0 aromatic carbocycles. The van der Waals surface area contributed by atoms with E-state index in [0.717, 1.165) is 6.42 Å². The van der Waals surface area contributed by atoms with Crippen LogP contribution < -0.4 is 0 Å². The number of alkyl halides is 1. The molecule has 0 rings (SSSR count). The molecule has 0 bridgehead atoms. The molecule has 3 nitrogen and oxygen atoms in total. The summed E-state index contributed by atoms with van der Waals surface area (Å²) in [4.78, 5) is 0. The average molecular weight is 263 g/mol. The van der Waals surface area contributed by atoms with Crippen LogP contribution >= 0.6 is 11.6 Å². The standard InChI is InChI=1S/C4H8ClO.2H2O.Sb/c1-2-4(5)3-6;;;/h4H,2-3H2,1H3;2*1H2;/q-1;;;+3/p-2. The van der Waals surface area contributed by atoms with E-state index in [1.807, 2.05) is 6.92 Å². The van der Waals surface area contributed by atoms with Gasteiger partial charge in [0, 0.05) is 0 Å².